The van der Waals surface area contributed by atoms with E-state index in [-0.39, 0.29) is 11.4 Å². The molecule has 0 aliphatic carbocycles. The highest BCUT2D eigenvalue weighted by Gasteiger charge is 2.25. The molecular weight excluding hydrogens is 296 g/mol. The molecule has 1 N–H and O–H groups in total. The summed E-state index contributed by atoms with van der Waals surface area (Å²) in [5.74, 6) is -0.0350. The van der Waals surface area contributed by atoms with Gasteiger partial charge in [0.15, 0.2) is 4.90 Å². The van der Waals surface area contributed by atoms with Crippen LogP contribution >= 0.6 is 0 Å². The Hall–Kier alpha value is -2.99. The van der Waals surface area contributed by atoms with Crippen LogP contribution in [0.3, 0.4) is 0 Å². The Morgan fingerprint density at radius 2 is 1.95 bits per heavy atom. The number of hydrogen-bond donors (Lipinski definition) is 1. The first-order valence-electron chi connectivity index (χ1n) is 5.56. The van der Waals surface area contributed by atoms with Crippen molar-refractivity contribution in [1.82, 2.24) is 4.98 Å². The lowest BCUT2D eigenvalue weighted by Gasteiger charge is -2.07. The number of sulfonamides is 1. The summed E-state index contributed by atoms with van der Waals surface area (Å²) in [6.45, 7) is 0. The van der Waals surface area contributed by atoms with E-state index in [4.69, 9.17) is 5.26 Å². The zero-order valence-corrected chi connectivity index (χ0v) is 11.2. The molecule has 0 aliphatic rings. The van der Waals surface area contributed by atoms with Gasteiger partial charge in [-0.15, -0.1) is 0 Å². The number of aromatic nitrogens is 1. The molecule has 0 amide bonds. The quantitative estimate of drug-likeness (QED) is 0.676. The molecule has 0 atom stereocenters. The first kappa shape index (κ1) is 14.4. The predicted octanol–water partition coefficient (Wildman–Crippen LogP) is 1.66. The lowest BCUT2D eigenvalue weighted by atomic mass is 10.3. The fourth-order valence-electron chi connectivity index (χ4n) is 1.55. The fourth-order valence-corrected chi connectivity index (χ4v) is 2.73. The molecule has 0 bridgehead atoms. The number of anilines is 1. The zero-order chi connectivity index (χ0) is 15.5. The van der Waals surface area contributed by atoms with E-state index in [0.717, 1.165) is 12.1 Å². The van der Waals surface area contributed by atoms with E-state index in [0.29, 0.717) is 0 Å². The van der Waals surface area contributed by atoms with Gasteiger partial charge in [-0.05, 0) is 18.2 Å². The molecule has 2 rings (SSSR count). The van der Waals surface area contributed by atoms with Crippen molar-refractivity contribution in [1.29, 1.82) is 5.26 Å². The minimum atomic E-state index is -4.15. The van der Waals surface area contributed by atoms with E-state index in [9.17, 15) is 18.5 Å². The number of nitrogens with one attached hydrogen (secondary N) is 1. The molecule has 0 radical (unpaired) electrons. The summed E-state index contributed by atoms with van der Waals surface area (Å²) in [6.07, 6.45) is 1.19. The Kier molecular flexibility index (Phi) is 3.82. The number of nitrogens with zero attached hydrogens (tertiary/aromatic N) is 3. The molecule has 9 heteroatoms. The summed E-state index contributed by atoms with van der Waals surface area (Å²) >= 11 is 0. The Morgan fingerprint density at radius 3 is 2.52 bits per heavy atom. The number of nitriles is 1. The monoisotopic (exact) mass is 304 g/mol. The average molecular weight is 304 g/mol. The third-order valence-electron chi connectivity index (χ3n) is 2.48. The van der Waals surface area contributed by atoms with Crippen LogP contribution in [0.25, 0.3) is 0 Å². The van der Waals surface area contributed by atoms with Gasteiger partial charge in [0, 0.05) is 12.3 Å². The normalized spacial score (nSPS) is 10.6. The van der Waals surface area contributed by atoms with Gasteiger partial charge >= 0.3 is 0 Å². The van der Waals surface area contributed by atoms with Crippen LogP contribution < -0.4 is 4.72 Å². The number of benzene rings is 1. The second kappa shape index (κ2) is 5.56. The van der Waals surface area contributed by atoms with Gasteiger partial charge in [-0.3, -0.25) is 14.8 Å². The van der Waals surface area contributed by atoms with E-state index in [1.54, 1.807) is 0 Å². The van der Waals surface area contributed by atoms with Gasteiger partial charge in [-0.2, -0.15) is 5.26 Å². The van der Waals surface area contributed by atoms with E-state index in [2.05, 4.69) is 9.71 Å². The van der Waals surface area contributed by atoms with E-state index >= 15 is 0 Å². The number of hydrogen-bond acceptors (Lipinski definition) is 6. The Balaban J connectivity index is 2.39. The average Bonchev–Trinajstić information content (AvgIpc) is 2.47. The highest BCUT2D eigenvalue weighted by Crippen LogP contribution is 2.24. The maximum atomic E-state index is 12.2. The van der Waals surface area contributed by atoms with Crippen molar-refractivity contribution in [3.63, 3.8) is 0 Å². The van der Waals surface area contributed by atoms with Crippen LogP contribution in [0.4, 0.5) is 11.5 Å². The van der Waals surface area contributed by atoms with Crippen LogP contribution in [0.2, 0.25) is 0 Å². The van der Waals surface area contributed by atoms with E-state index in [1.165, 1.54) is 30.5 Å². The molecule has 21 heavy (non-hydrogen) atoms. The molecule has 2 aromatic rings. The molecule has 1 aromatic heterocycles. The molecular formula is C12H8N4O4S. The van der Waals surface area contributed by atoms with Gasteiger partial charge in [-0.1, -0.05) is 12.1 Å². The lowest BCUT2D eigenvalue weighted by molar-refractivity contribution is -0.387. The molecule has 1 heterocycles. The van der Waals surface area contributed by atoms with Gasteiger partial charge in [-0.25, -0.2) is 13.4 Å². The number of para-hydroxylation sites is 1. The van der Waals surface area contributed by atoms with Crippen LogP contribution in [0.15, 0.2) is 47.5 Å². The Bertz CT molecular complexity index is 825. The summed E-state index contributed by atoms with van der Waals surface area (Å²) < 4.78 is 26.4. The van der Waals surface area contributed by atoms with Crippen LogP contribution in [-0.4, -0.2) is 18.3 Å². The minimum Gasteiger partial charge on any atom is -0.263 e. The van der Waals surface area contributed by atoms with Crippen LogP contribution in [0, 0.1) is 21.4 Å². The smallest absolute Gasteiger partial charge is 0.263 e. The van der Waals surface area contributed by atoms with Crippen LogP contribution in [0.1, 0.15) is 5.56 Å². The second-order valence-corrected chi connectivity index (χ2v) is 5.53. The molecule has 0 aliphatic heterocycles. The molecule has 0 saturated carbocycles. The van der Waals surface area contributed by atoms with Crippen LogP contribution in [-0.2, 0) is 10.0 Å². The maximum Gasteiger partial charge on any atom is 0.289 e. The topological polar surface area (TPSA) is 126 Å². The van der Waals surface area contributed by atoms with Crippen LogP contribution in [0.5, 0.6) is 0 Å². The van der Waals surface area contributed by atoms with Crippen molar-refractivity contribution in [3.8, 4) is 6.07 Å². The Morgan fingerprint density at radius 1 is 1.24 bits per heavy atom. The molecule has 0 saturated heterocycles. The molecule has 8 nitrogen and oxygen atoms in total. The number of nitro benzene ring substituents is 1. The number of nitro groups is 1. The largest absolute Gasteiger partial charge is 0.289 e. The second-order valence-electron chi connectivity index (χ2n) is 3.87. The number of pyridine rings is 1. The summed E-state index contributed by atoms with van der Waals surface area (Å²) in [7, 11) is -4.15. The molecule has 1 aromatic carbocycles. The van der Waals surface area contributed by atoms with Crippen molar-refractivity contribution in [2.45, 2.75) is 4.90 Å². The van der Waals surface area contributed by atoms with Crippen molar-refractivity contribution < 1.29 is 13.3 Å². The van der Waals surface area contributed by atoms with Gasteiger partial charge in [0.2, 0.25) is 0 Å². The summed E-state index contributed by atoms with van der Waals surface area (Å²) in [5.41, 5.74) is -0.262. The SMILES string of the molecule is N#Cc1ccc(NS(=O)(=O)c2ccccc2[N+](=O)[O-])nc1. The molecule has 0 fully saturated rings. The van der Waals surface area contributed by atoms with Gasteiger partial charge in [0.25, 0.3) is 15.7 Å². The highest BCUT2D eigenvalue weighted by molar-refractivity contribution is 7.92. The van der Waals surface area contributed by atoms with Gasteiger partial charge in [0.1, 0.15) is 11.9 Å². The zero-order valence-electron chi connectivity index (χ0n) is 10.4. The summed E-state index contributed by atoms with van der Waals surface area (Å²) in [6, 6.07) is 9.50. The molecule has 106 valence electrons. The van der Waals surface area contributed by atoms with Crippen molar-refractivity contribution in [3.05, 3.63) is 58.3 Å². The first-order valence-corrected chi connectivity index (χ1v) is 7.05. The molecule has 0 unspecified atom stereocenters. The maximum absolute atomic E-state index is 12.2. The number of rotatable bonds is 4. The van der Waals surface area contributed by atoms with E-state index in [1.807, 2.05) is 6.07 Å². The fraction of sp³-hybridized carbons (Fsp3) is 0. The van der Waals surface area contributed by atoms with Crippen molar-refractivity contribution in [2.24, 2.45) is 0 Å². The van der Waals surface area contributed by atoms with Gasteiger partial charge in [0.05, 0.1) is 10.5 Å². The third-order valence-corrected chi connectivity index (χ3v) is 3.89. The first-order chi connectivity index (χ1) is 9.94. The lowest BCUT2D eigenvalue weighted by Crippen LogP contribution is -2.15. The summed E-state index contributed by atoms with van der Waals surface area (Å²) in [5, 5.41) is 19.5. The standard InChI is InChI=1S/C12H8N4O4S/c13-7-9-5-6-12(14-8-9)15-21(19,20)11-4-2-1-3-10(11)16(17)18/h1-6,8H,(H,14,15). The summed E-state index contributed by atoms with van der Waals surface area (Å²) in [4.78, 5) is 13.4. The van der Waals surface area contributed by atoms with Crippen molar-refractivity contribution in [2.75, 3.05) is 4.72 Å². The predicted molar refractivity (Wildman–Crippen MR) is 72.9 cm³/mol. The third kappa shape index (κ3) is 3.13. The minimum absolute atomic E-state index is 0.0350. The highest BCUT2D eigenvalue weighted by atomic mass is 32.2. The molecule has 0 spiro atoms. The van der Waals surface area contributed by atoms with Gasteiger partial charge < -0.3 is 0 Å². The Labute approximate surface area is 119 Å². The van der Waals surface area contributed by atoms with E-state index < -0.39 is 25.5 Å². The van der Waals surface area contributed by atoms with Crippen molar-refractivity contribution >= 4 is 21.5 Å².